The quantitative estimate of drug-likeness (QED) is 0.647. The van der Waals surface area contributed by atoms with Crippen molar-refractivity contribution in [3.05, 3.63) is 60.1 Å². The lowest BCUT2D eigenvalue weighted by Crippen LogP contribution is -1.92. The van der Waals surface area contributed by atoms with Gasteiger partial charge in [0.25, 0.3) is 0 Å². The topological polar surface area (TPSA) is 38.9 Å². The number of rotatable bonds is 2. The summed E-state index contributed by atoms with van der Waals surface area (Å²) in [5.41, 5.74) is 2.20. The van der Waals surface area contributed by atoms with Crippen molar-refractivity contribution in [1.29, 1.82) is 0 Å². The van der Waals surface area contributed by atoms with Gasteiger partial charge in [-0.15, -0.1) is 11.6 Å². The lowest BCUT2D eigenvalue weighted by Gasteiger charge is -2.03. The molecule has 17 heavy (non-hydrogen) atoms. The highest BCUT2D eigenvalue weighted by atomic mass is 35.5. The second kappa shape index (κ2) is 4.18. The number of alkyl halides is 1. The number of aromatic nitrogens is 2. The summed E-state index contributed by atoms with van der Waals surface area (Å²) in [4.78, 5) is 8.39. The fourth-order valence-corrected chi connectivity index (χ4v) is 1.90. The van der Waals surface area contributed by atoms with E-state index in [9.17, 15) is 0 Å². The smallest absolute Gasteiger partial charge is 0.219 e. The number of benzene rings is 1. The number of fused-ring (bicyclic) bond motifs is 1. The van der Waals surface area contributed by atoms with Crippen LogP contribution in [-0.2, 0) is 0 Å². The van der Waals surface area contributed by atoms with Gasteiger partial charge in [0.05, 0.1) is 0 Å². The van der Waals surface area contributed by atoms with Crippen molar-refractivity contribution in [2.75, 3.05) is 0 Å². The van der Waals surface area contributed by atoms with E-state index in [1.165, 1.54) is 0 Å². The third-order valence-corrected chi connectivity index (χ3v) is 2.93. The summed E-state index contributed by atoms with van der Waals surface area (Å²) in [6.45, 7) is 0. The summed E-state index contributed by atoms with van der Waals surface area (Å²) in [6.07, 6.45) is 1.68. The SMILES string of the molecule is ClC(c1ccccc1)c1nc2ncccc2o1. The first-order valence-electron chi connectivity index (χ1n) is 5.25. The molecule has 2 heterocycles. The Labute approximate surface area is 103 Å². The Balaban J connectivity index is 2.04. The van der Waals surface area contributed by atoms with E-state index in [-0.39, 0.29) is 5.38 Å². The molecule has 0 aliphatic heterocycles. The van der Waals surface area contributed by atoms with Crippen molar-refractivity contribution >= 4 is 22.8 Å². The highest BCUT2D eigenvalue weighted by Gasteiger charge is 2.17. The maximum Gasteiger partial charge on any atom is 0.219 e. The predicted octanol–water partition coefficient (Wildman–Crippen LogP) is 3.55. The molecule has 3 aromatic rings. The molecule has 0 amide bonds. The second-order valence-electron chi connectivity index (χ2n) is 3.65. The third-order valence-electron chi connectivity index (χ3n) is 2.49. The minimum Gasteiger partial charge on any atom is -0.437 e. The van der Waals surface area contributed by atoms with Gasteiger partial charge in [-0.05, 0) is 17.7 Å². The molecule has 1 atom stereocenters. The first-order chi connectivity index (χ1) is 8.34. The van der Waals surface area contributed by atoms with E-state index >= 15 is 0 Å². The number of halogens is 1. The fourth-order valence-electron chi connectivity index (χ4n) is 1.66. The molecule has 0 bridgehead atoms. The van der Waals surface area contributed by atoms with Crippen LogP contribution in [0.25, 0.3) is 11.2 Å². The number of nitrogens with zero attached hydrogens (tertiary/aromatic N) is 2. The van der Waals surface area contributed by atoms with Gasteiger partial charge in [-0.25, -0.2) is 4.98 Å². The van der Waals surface area contributed by atoms with Crippen LogP contribution in [0.5, 0.6) is 0 Å². The monoisotopic (exact) mass is 244 g/mol. The molecule has 0 N–H and O–H groups in total. The lowest BCUT2D eigenvalue weighted by molar-refractivity contribution is 0.538. The van der Waals surface area contributed by atoms with E-state index in [2.05, 4.69) is 9.97 Å². The summed E-state index contributed by atoms with van der Waals surface area (Å²) in [5, 5.41) is -0.384. The average molecular weight is 245 g/mol. The predicted molar refractivity (Wildman–Crippen MR) is 65.9 cm³/mol. The van der Waals surface area contributed by atoms with Gasteiger partial charge in [0.15, 0.2) is 11.2 Å². The van der Waals surface area contributed by atoms with Crippen LogP contribution in [0, 0.1) is 0 Å². The van der Waals surface area contributed by atoms with Crippen molar-refractivity contribution in [2.24, 2.45) is 0 Å². The molecule has 0 radical (unpaired) electrons. The molecule has 0 saturated heterocycles. The molecule has 1 aromatic carbocycles. The largest absolute Gasteiger partial charge is 0.437 e. The maximum absolute atomic E-state index is 6.32. The zero-order chi connectivity index (χ0) is 11.7. The van der Waals surface area contributed by atoms with Crippen LogP contribution in [-0.4, -0.2) is 9.97 Å². The summed E-state index contributed by atoms with van der Waals surface area (Å²) in [7, 11) is 0. The highest BCUT2D eigenvalue weighted by Crippen LogP contribution is 2.29. The van der Waals surface area contributed by atoms with Gasteiger partial charge in [0.2, 0.25) is 5.89 Å². The summed E-state index contributed by atoms with van der Waals surface area (Å²) in [6, 6.07) is 13.3. The van der Waals surface area contributed by atoms with Crippen LogP contribution >= 0.6 is 11.6 Å². The molecule has 0 saturated carbocycles. The van der Waals surface area contributed by atoms with Gasteiger partial charge in [0.1, 0.15) is 5.38 Å². The summed E-state index contributed by atoms with van der Waals surface area (Å²) >= 11 is 6.32. The van der Waals surface area contributed by atoms with Crippen LogP contribution < -0.4 is 0 Å². The van der Waals surface area contributed by atoms with Crippen molar-refractivity contribution in [2.45, 2.75) is 5.38 Å². The molecule has 3 rings (SSSR count). The van der Waals surface area contributed by atoms with Crippen molar-refractivity contribution in [3.63, 3.8) is 0 Å². The standard InChI is InChI=1S/C13H9ClN2O/c14-11(9-5-2-1-3-6-9)13-16-12-10(17-13)7-4-8-15-12/h1-8,11H. The minimum atomic E-state index is -0.384. The van der Waals surface area contributed by atoms with Gasteiger partial charge in [-0.3, -0.25) is 0 Å². The van der Waals surface area contributed by atoms with E-state index in [0.717, 1.165) is 5.56 Å². The molecule has 0 aliphatic carbocycles. The Morgan fingerprint density at radius 2 is 1.88 bits per heavy atom. The van der Waals surface area contributed by atoms with Crippen LogP contribution in [0.15, 0.2) is 53.1 Å². The molecule has 4 heteroatoms. The van der Waals surface area contributed by atoms with Gasteiger partial charge in [-0.1, -0.05) is 30.3 Å². The average Bonchev–Trinajstić information content (AvgIpc) is 2.82. The van der Waals surface area contributed by atoms with Crippen molar-refractivity contribution in [1.82, 2.24) is 9.97 Å². The number of pyridine rings is 1. The molecule has 0 fully saturated rings. The van der Waals surface area contributed by atoms with Crippen LogP contribution in [0.3, 0.4) is 0 Å². The Bertz CT molecular complexity index is 603. The van der Waals surface area contributed by atoms with Crippen LogP contribution in [0.1, 0.15) is 16.8 Å². The normalized spacial score (nSPS) is 12.8. The maximum atomic E-state index is 6.32. The first kappa shape index (κ1) is 10.3. The number of hydrogen-bond donors (Lipinski definition) is 0. The fraction of sp³-hybridized carbons (Fsp3) is 0.0769. The highest BCUT2D eigenvalue weighted by molar-refractivity contribution is 6.22. The molecule has 2 aromatic heterocycles. The van der Waals surface area contributed by atoms with E-state index in [1.807, 2.05) is 42.5 Å². The van der Waals surface area contributed by atoms with Crippen LogP contribution in [0.4, 0.5) is 0 Å². The van der Waals surface area contributed by atoms with E-state index in [4.69, 9.17) is 16.0 Å². The first-order valence-corrected chi connectivity index (χ1v) is 5.69. The molecular formula is C13H9ClN2O. The van der Waals surface area contributed by atoms with Crippen molar-refractivity contribution < 1.29 is 4.42 Å². The Hall–Kier alpha value is -1.87. The Morgan fingerprint density at radius 3 is 2.65 bits per heavy atom. The van der Waals surface area contributed by atoms with Gasteiger partial charge in [0, 0.05) is 6.20 Å². The summed E-state index contributed by atoms with van der Waals surface area (Å²) in [5.74, 6) is 0.478. The number of hydrogen-bond acceptors (Lipinski definition) is 3. The van der Waals surface area contributed by atoms with Crippen molar-refractivity contribution in [3.8, 4) is 0 Å². The molecular weight excluding hydrogens is 236 g/mol. The van der Waals surface area contributed by atoms with E-state index < -0.39 is 0 Å². The zero-order valence-corrected chi connectivity index (χ0v) is 9.63. The summed E-state index contributed by atoms with van der Waals surface area (Å²) < 4.78 is 5.58. The van der Waals surface area contributed by atoms with Gasteiger partial charge >= 0.3 is 0 Å². The van der Waals surface area contributed by atoms with E-state index in [1.54, 1.807) is 6.20 Å². The molecule has 84 valence electrons. The molecule has 1 unspecified atom stereocenters. The Morgan fingerprint density at radius 1 is 1.06 bits per heavy atom. The molecule has 0 spiro atoms. The van der Waals surface area contributed by atoms with E-state index in [0.29, 0.717) is 17.1 Å². The lowest BCUT2D eigenvalue weighted by atomic mass is 10.1. The second-order valence-corrected chi connectivity index (χ2v) is 4.09. The van der Waals surface area contributed by atoms with Crippen LogP contribution in [0.2, 0.25) is 0 Å². The Kier molecular flexibility index (Phi) is 2.53. The minimum absolute atomic E-state index is 0.384. The number of oxazole rings is 1. The van der Waals surface area contributed by atoms with Gasteiger partial charge < -0.3 is 4.42 Å². The zero-order valence-electron chi connectivity index (χ0n) is 8.88. The van der Waals surface area contributed by atoms with Gasteiger partial charge in [-0.2, -0.15) is 4.98 Å². The third kappa shape index (κ3) is 1.89. The molecule has 3 nitrogen and oxygen atoms in total. The molecule has 0 aliphatic rings.